The zero-order valence-corrected chi connectivity index (χ0v) is 15.0. The smallest absolute Gasteiger partial charge is 0.0239 e. The molecule has 1 fully saturated rings. The van der Waals surface area contributed by atoms with E-state index in [0.29, 0.717) is 6.04 Å². The van der Waals surface area contributed by atoms with Crippen molar-refractivity contribution < 1.29 is 0 Å². The van der Waals surface area contributed by atoms with Crippen LogP contribution in [0.5, 0.6) is 0 Å². The minimum Gasteiger partial charge on any atom is -0.301 e. The standard InChI is InChI=1S/C12H17N.C8H17N/c1-10(2)13-8-7-11-5-3-4-6-12(11)9-13;1-8(2)9-6-4-3-5-7-9/h3-6,10H,7-9H2,1-2H3;8H,3-7H2,1-2H3. The Kier molecular flexibility index (Phi) is 6.91. The first-order valence-corrected chi connectivity index (χ1v) is 9.13. The predicted molar refractivity (Wildman–Crippen MR) is 96.3 cm³/mol. The molecule has 0 bridgehead atoms. The van der Waals surface area contributed by atoms with Crippen LogP contribution in [0.15, 0.2) is 24.3 Å². The summed E-state index contributed by atoms with van der Waals surface area (Å²) in [6, 6.07) is 10.2. The number of likely N-dealkylation sites (tertiary alicyclic amines) is 1. The van der Waals surface area contributed by atoms with E-state index in [9.17, 15) is 0 Å². The minimum absolute atomic E-state index is 0.674. The molecule has 3 rings (SSSR count). The van der Waals surface area contributed by atoms with E-state index in [4.69, 9.17) is 0 Å². The first-order valence-electron chi connectivity index (χ1n) is 9.13. The average molecular weight is 303 g/mol. The van der Waals surface area contributed by atoms with Crippen LogP contribution in [-0.2, 0) is 13.0 Å². The Morgan fingerprint density at radius 2 is 1.32 bits per heavy atom. The summed E-state index contributed by atoms with van der Waals surface area (Å²) in [7, 11) is 0. The van der Waals surface area contributed by atoms with E-state index in [1.54, 1.807) is 5.56 Å². The highest BCUT2D eigenvalue weighted by Crippen LogP contribution is 2.19. The summed E-state index contributed by atoms with van der Waals surface area (Å²) in [5, 5.41) is 0. The molecule has 0 aromatic heterocycles. The molecule has 0 amide bonds. The van der Waals surface area contributed by atoms with Crippen molar-refractivity contribution in [3.63, 3.8) is 0 Å². The first kappa shape index (κ1) is 17.5. The van der Waals surface area contributed by atoms with Gasteiger partial charge in [-0.25, -0.2) is 0 Å². The molecule has 0 atom stereocenters. The number of benzene rings is 1. The summed E-state index contributed by atoms with van der Waals surface area (Å²) in [6.07, 6.45) is 5.49. The Morgan fingerprint density at radius 1 is 0.727 bits per heavy atom. The molecule has 22 heavy (non-hydrogen) atoms. The topological polar surface area (TPSA) is 6.48 Å². The average Bonchev–Trinajstić information content (AvgIpc) is 2.55. The molecule has 0 radical (unpaired) electrons. The number of hydrogen-bond acceptors (Lipinski definition) is 2. The van der Waals surface area contributed by atoms with Gasteiger partial charge in [-0.05, 0) is 71.2 Å². The van der Waals surface area contributed by atoms with Crippen LogP contribution >= 0.6 is 0 Å². The van der Waals surface area contributed by atoms with Crippen LogP contribution in [-0.4, -0.2) is 41.5 Å². The van der Waals surface area contributed by atoms with E-state index in [0.717, 1.165) is 12.6 Å². The maximum Gasteiger partial charge on any atom is 0.0239 e. The highest BCUT2D eigenvalue weighted by molar-refractivity contribution is 5.29. The summed E-state index contributed by atoms with van der Waals surface area (Å²) in [5.74, 6) is 0. The van der Waals surface area contributed by atoms with Gasteiger partial charge in [-0.3, -0.25) is 4.90 Å². The molecule has 0 spiro atoms. The lowest BCUT2D eigenvalue weighted by Gasteiger charge is -2.31. The Labute approximate surface area is 137 Å². The maximum atomic E-state index is 2.56. The van der Waals surface area contributed by atoms with Gasteiger partial charge in [-0.1, -0.05) is 30.7 Å². The second kappa shape index (κ2) is 8.69. The summed E-state index contributed by atoms with van der Waals surface area (Å²) in [5.41, 5.74) is 3.06. The summed E-state index contributed by atoms with van der Waals surface area (Å²) in [6.45, 7) is 14.1. The molecule has 2 heterocycles. The predicted octanol–water partition coefficient (Wildman–Crippen LogP) is 4.33. The van der Waals surface area contributed by atoms with Gasteiger partial charge in [-0.15, -0.1) is 0 Å². The van der Waals surface area contributed by atoms with Gasteiger partial charge in [0.05, 0.1) is 0 Å². The van der Waals surface area contributed by atoms with Crippen molar-refractivity contribution in [2.75, 3.05) is 19.6 Å². The van der Waals surface area contributed by atoms with Gasteiger partial charge in [0.15, 0.2) is 0 Å². The van der Waals surface area contributed by atoms with Crippen molar-refractivity contribution in [3.05, 3.63) is 35.4 Å². The first-order chi connectivity index (χ1) is 10.6. The second-order valence-electron chi connectivity index (χ2n) is 7.27. The Balaban J connectivity index is 0.000000172. The van der Waals surface area contributed by atoms with Gasteiger partial charge < -0.3 is 4.90 Å². The number of fused-ring (bicyclic) bond motifs is 1. The molecular formula is C20H34N2. The van der Waals surface area contributed by atoms with Crippen LogP contribution in [0.25, 0.3) is 0 Å². The molecule has 0 saturated carbocycles. The van der Waals surface area contributed by atoms with E-state index in [1.807, 2.05) is 0 Å². The summed E-state index contributed by atoms with van der Waals surface area (Å²) < 4.78 is 0. The van der Waals surface area contributed by atoms with Crippen LogP contribution in [0.4, 0.5) is 0 Å². The van der Waals surface area contributed by atoms with Gasteiger partial charge in [0.1, 0.15) is 0 Å². The van der Waals surface area contributed by atoms with Crippen LogP contribution < -0.4 is 0 Å². The van der Waals surface area contributed by atoms with Crippen LogP contribution in [0.3, 0.4) is 0 Å². The number of hydrogen-bond donors (Lipinski definition) is 0. The largest absolute Gasteiger partial charge is 0.301 e. The summed E-state index contributed by atoms with van der Waals surface area (Å²) >= 11 is 0. The third kappa shape index (κ3) is 5.10. The number of nitrogens with zero attached hydrogens (tertiary/aromatic N) is 2. The van der Waals surface area contributed by atoms with Crippen molar-refractivity contribution in [1.82, 2.24) is 9.80 Å². The summed E-state index contributed by atoms with van der Waals surface area (Å²) in [4.78, 5) is 5.09. The molecular weight excluding hydrogens is 268 g/mol. The number of rotatable bonds is 2. The van der Waals surface area contributed by atoms with Crippen LogP contribution in [0.2, 0.25) is 0 Å². The fourth-order valence-electron chi connectivity index (χ4n) is 3.39. The van der Waals surface area contributed by atoms with E-state index in [2.05, 4.69) is 61.8 Å². The normalized spacial score (nSPS) is 19.7. The van der Waals surface area contributed by atoms with E-state index < -0.39 is 0 Å². The molecule has 1 saturated heterocycles. The highest BCUT2D eigenvalue weighted by Gasteiger charge is 2.17. The zero-order chi connectivity index (χ0) is 15.9. The Bertz CT molecular complexity index is 433. The third-order valence-electron chi connectivity index (χ3n) is 5.01. The van der Waals surface area contributed by atoms with Gasteiger partial charge in [0.2, 0.25) is 0 Å². The van der Waals surface area contributed by atoms with E-state index in [1.165, 1.54) is 50.9 Å². The molecule has 0 N–H and O–H groups in total. The monoisotopic (exact) mass is 302 g/mol. The molecule has 0 aliphatic carbocycles. The second-order valence-corrected chi connectivity index (χ2v) is 7.27. The molecule has 0 unspecified atom stereocenters. The maximum absolute atomic E-state index is 2.56. The highest BCUT2D eigenvalue weighted by atomic mass is 15.1. The zero-order valence-electron chi connectivity index (χ0n) is 15.0. The molecule has 1 aromatic carbocycles. The molecule has 2 aliphatic rings. The molecule has 2 aliphatic heterocycles. The fourth-order valence-corrected chi connectivity index (χ4v) is 3.39. The Hall–Kier alpha value is -0.860. The van der Waals surface area contributed by atoms with Gasteiger partial charge in [0, 0.05) is 25.2 Å². The van der Waals surface area contributed by atoms with E-state index >= 15 is 0 Å². The van der Waals surface area contributed by atoms with Crippen LogP contribution in [0, 0.1) is 0 Å². The molecule has 1 aromatic rings. The lowest BCUT2D eigenvalue weighted by atomic mass is 9.99. The van der Waals surface area contributed by atoms with Gasteiger partial charge in [-0.2, -0.15) is 0 Å². The van der Waals surface area contributed by atoms with Crippen molar-refractivity contribution in [1.29, 1.82) is 0 Å². The molecule has 2 heteroatoms. The van der Waals surface area contributed by atoms with Gasteiger partial charge in [0.25, 0.3) is 0 Å². The van der Waals surface area contributed by atoms with Crippen molar-refractivity contribution in [2.24, 2.45) is 0 Å². The lowest BCUT2D eigenvalue weighted by molar-refractivity contribution is 0.185. The number of piperidine rings is 1. The third-order valence-corrected chi connectivity index (χ3v) is 5.01. The SMILES string of the molecule is CC(C)N1CCCCC1.CC(C)N1CCc2ccccc2C1. The van der Waals surface area contributed by atoms with Crippen LogP contribution in [0.1, 0.15) is 58.1 Å². The van der Waals surface area contributed by atoms with Gasteiger partial charge >= 0.3 is 0 Å². The van der Waals surface area contributed by atoms with Crippen molar-refractivity contribution in [2.45, 2.75) is 72.0 Å². The fraction of sp³-hybridized carbons (Fsp3) is 0.700. The quantitative estimate of drug-likeness (QED) is 0.802. The minimum atomic E-state index is 0.674. The van der Waals surface area contributed by atoms with Crippen molar-refractivity contribution in [3.8, 4) is 0 Å². The van der Waals surface area contributed by atoms with E-state index in [-0.39, 0.29) is 0 Å². The molecule has 2 nitrogen and oxygen atoms in total. The Morgan fingerprint density at radius 3 is 1.86 bits per heavy atom. The van der Waals surface area contributed by atoms with Crippen molar-refractivity contribution >= 4 is 0 Å². The molecule has 124 valence electrons. The lowest BCUT2D eigenvalue weighted by Crippen LogP contribution is -2.35.